The van der Waals surface area contributed by atoms with Crippen LogP contribution < -0.4 is 0 Å². The number of nitrogens with one attached hydrogen (secondary N) is 1. The van der Waals surface area contributed by atoms with Gasteiger partial charge in [-0.1, -0.05) is 6.07 Å². The molecule has 0 aliphatic heterocycles. The van der Waals surface area contributed by atoms with Gasteiger partial charge in [0.05, 0.1) is 11.9 Å². The molecule has 1 heterocycles. The lowest BCUT2D eigenvalue weighted by molar-refractivity contribution is 0.111. The Labute approximate surface area is 109 Å². The zero-order valence-corrected chi connectivity index (χ0v) is 11.2. The molecule has 0 spiro atoms. The van der Waals surface area contributed by atoms with Gasteiger partial charge in [-0.05, 0) is 50.7 Å². The van der Waals surface area contributed by atoms with Crippen molar-refractivity contribution in [2.75, 3.05) is 0 Å². The van der Waals surface area contributed by atoms with Crippen LogP contribution in [0.2, 0.25) is 0 Å². The quantitative estimate of drug-likeness (QED) is 0.646. The van der Waals surface area contributed by atoms with Gasteiger partial charge in [0.1, 0.15) is 5.82 Å². The lowest BCUT2D eigenvalue weighted by Crippen LogP contribution is -1.83. The number of aromatic amines is 1. The molecule has 0 atom stereocenters. The molecule has 1 aromatic carbocycles. The van der Waals surface area contributed by atoms with Crippen molar-refractivity contribution >= 4 is 44.8 Å². The van der Waals surface area contributed by atoms with E-state index in [1.165, 1.54) is 6.20 Å². The number of hydrogen-bond acceptors (Lipinski definition) is 2. The van der Waals surface area contributed by atoms with E-state index in [9.17, 15) is 4.79 Å². The van der Waals surface area contributed by atoms with Gasteiger partial charge < -0.3 is 4.98 Å². The maximum absolute atomic E-state index is 10.5. The highest BCUT2D eigenvalue weighted by Gasteiger charge is 2.04. The van der Waals surface area contributed by atoms with E-state index in [0.717, 1.165) is 19.9 Å². The number of H-pyrrole nitrogens is 1. The van der Waals surface area contributed by atoms with Crippen LogP contribution in [-0.2, 0) is 0 Å². The molecule has 0 aliphatic rings. The Balaban J connectivity index is 2.44. The molecule has 0 amide bonds. The van der Waals surface area contributed by atoms with Crippen LogP contribution in [0.25, 0.3) is 11.4 Å². The molecule has 2 rings (SSSR count). The van der Waals surface area contributed by atoms with Crippen LogP contribution in [-0.4, -0.2) is 16.3 Å². The molecule has 0 saturated heterocycles. The Morgan fingerprint density at radius 2 is 2.27 bits per heavy atom. The van der Waals surface area contributed by atoms with Crippen molar-refractivity contribution in [2.45, 2.75) is 0 Å². The van der Waals surface area contributed by atoms with Gasteiger partial charge in [0.15, 0.2) is 6.29 Å². The fourth-order valence-electron chi connectivity index (χ4n) is 1.19. The van der Waals surface area contributed by atoms with Gasteiger partial charge in [-0.25, -0.2) is 4.98 Å². The molecule has 1 aromatic heterocycles. The molecular weight excluding hydrogens is 371 g/mol. The third-order valence-corrected chi connectivity index (χ3v) is 4.25. The van der Waals surface area contributed by atoms with E-state index < -0.39 is 0 Å². The van der Waals surface area contributed by atoms with Crippen LogP contribution >= 0.6 is 38.5 Å². The second-order valence-electron chi connectivity index (χ2n) is 2.93. The summed E-state index contributed by atoms with van der Waals surface area (Å²) < 4.78 is 2.16. The Morgan fingerprint density at radius 3 is 2.87 bits per heavy atom. The largest absolute Gasteiger partial charge is 0.336 e. The Morgan fingerprint density at radius 1 is 1.47 bits per heavy atom. The predicted octanol–water partition coefficient (Wildman–Crippen LogP) is 3.26. The average Bonchev–Trinajstić information content (AvgIpc) is 2.70. The molecule has 2 aromatic rings. The summed E-state index contributed by atoms with van der Waals surface area (Å²) in [6.07, 6.45) is 2.27. The molecule has 15 heavy (non-hydrogen) atoms. The van der Waals surface area contributed by atoms with E-state index in [1.807, 2.05) is 18.2 Å². The summed E-state index contributed by atoms with van der Waals surface area (Å²) >= 11 is 5.69. The first-order valence-corrected chi connectivity index (χ1v) is 6.03. The maximum atomic E-state index is 10.5. The zero-order chi connectivity index (χ0) is 10.8. The van der Waals surface area contributed by atoms with Gasteiger partial charge in [0.25, 0.3) is 0 Å². The minimum absolute atomic E-state index is 0.486. The third kappa shape index (κ3) is 2.28. The third-order valence-electron chi connectivity index (χ3n) is 1.92. The van der Waals surface area contributed by atoms with Crippen molar-refractivity contribution in [2.24, 2.45) is 0 Å². The standard InChI is InChI=1S/C10H6BrIN2O/c11-8-3-6(1-2-9(8)12)10-13-4-7(5-15)14-10/h1-5H,(H,13,14). The Kier molecular flexibility index (Phi) is 3.20. The van der Waals surface area contributed by atoms with Crippen molar-refractivity contribution in [3.05, 3.63) is 38.1 Å². The van der Waals surface area contributed by atoms with E-state index in [2.05, 4.69) is 48.5 Å². The summed E-state index contributed by atoms with van der Waals surface area (Å²) in [6.45, 7) is 0. The minimum Gasteiger partial charge on any atom is -0.336 e. The van der Waals surface area contributed by atoms with Crippen LogP contribution in [0.1, 0.15) is 10.5 Å². The summed E-state index contributed by atoms with van der Waals surface area (Å²) in [4.78, 5) is 17.5. The Hall–Kier alpha value is -0.690. The predicted molar refractivity (Wildman–Crippen MR) is 69.8 cm³/mol. The SMILES string of the molecule is O=Cc1cnc(-c2ccc(I)c(Br)c2)[nH]1. The van der Waals surface area contributed by atoms with Crippen LogP contribution in [0.4, 0.5) is 0 Å². The zero-order valence-electron chi connectivity index (χ0n) is 7.50. The molecule has 3 nitrogen and oxygen atoms in total. The number of aldehydes is 1. The number of nitrogens with zero attached hydrogens (tertiary/aromatic N) is 1. The summed E-state index contributed by atoms with van der Waals surface area (Å²) in [5, 5.41) is 0. The second kappa shape index (κ2) is 4.44. The smallest absolute Gasteiger partial charge is 0.167 e. The van der Waals surface area contributed by atoms with Crippen molar-refractivity contribution in [1.82, 2.24) is 9.97 Å². The summed E-state index contributed by atoms with van der Waals surface area (Å²) in [5.74, 6) is 0.703. The molecule has 0 saturated carbocycles. The number of hydrogen-bond donors (Lipinski definition) is 1. The van der Waals surface area contributed by atoms with Crippen LogP contribution in [0.3, 0.4) is 0 Å². The fourth-order valence-corrected chi connectivity index (χ4v) is 1.90. The van der Waals surface area contributed by atoms with Gasteiger partial charge in [-0.15, -0.1) is 0 Å². The van der Waals surface area contributed by atoms with Crippen molar-refractivity contribution in [3.63, 3.8) is 0 Å². The van der Waals surface area contributed by atoms with E-state index >= 15 is 0 Å². The molecule has 5 heteroatoms. The second-order valence-corrected chi connectivity index (χ2v) is 4.95. The lowest BCUT2D eigenvalue weighted by atomic mass is 10.2. The maximum Gasteiger partial charge on any atom is 0.167 e. The van der Waals surface area contributed by atoms with Crippen LogP contribution in [0, 0.1) is 3.57 Å². The van der Waals surface area contributed by atoms with Gasteiger partial charge in [-0.3, -0.25) is 4.79 Å². The molecule has 0 unspecified atom stereocenters. The molecule has 0 radical (unpaired) electrons. The highest BCUT2D eigenvalue weighted by molar-refractivity contribution is 14.1. The van der Waals surface area contributed by atoms with E-state index in [1.54, 1.807) is 0 Å². The Bertz CT molecular complexity index is 510. The number of halogens is 2. The highest BCUT2D eigenvalue weighted by Crippen LogP contribution is 2.25. The summed E-state index contributed by atoms with van der Waals surface area (Å²) in [6, 6.07) is 5.91. The first-order chi connectivity index (χ1) is 7.20. The number of benzene rings is 1. The highest BCUT2D eigenvalue weighted by atomic mass is 127. The first-order valence-electron chi connectivity index (χ1n) is 4.16. The minimum atomic E-state index is 0.486. The van der Waals surface area contributed by atoms with Gasteiger partial charge >= 0.3 is 0 Å². The van der Waals surface area contributed by atoms with Crippen LogP contribution in [0.5, 0.6) is 0 Å². The molecule has 1 N–H and O–H groups in total. The van der Waals surface area contributed by atoms with Gasteiger partial charge in [0, 0.05) is 13.6 Å². The first kappa shape index (κ1) is 10.8. The molecule has 76 valence electrons. The topological polar surface area (TPSA) is 45.8 Å². The number of carbonyl (C=O) groups is 1. The average molecular weight is 377 g/mol. The van der Waals surface area contributed by atoms with E-state index in [0.29, 0.717) is 11.5 Å². The molecule has 0 aliphatic carbocycles. The summed E-state index contributed by atoms with van der Waals surface area (Å²) in [7, 11) is 0. The molecule has 0 bridgehead atoms. The molecule has 0 fully saturated rings. The number of carbonyl (C=O) groups excluding carboxylic acids is 1. The van der Waals surface area contributed by atoms with E-state index in [4.69, 9.17) is 0 Å². The lowest BCUT2D eigenvalue weighted by Gasteiger charge is -1.99. The van der Waals surface area contributed by atoms with Crippen LogP contribution in [0.15, 0.2) is 28.9 Å². The van der Waals surface area contributed by atoms with Crippen molar-refractivity contribution < 1.29 is 4.79 Å². The number of rotatable bonds is 2. The fraction of sp³-hybridized carbons (Fsp3) is 0. The monoisotopic (exact) mass is 376 g/mol. The summed E-state index contributed by atoms with van der Waals surface area (Å²) in [5.41, 5.74) is 1.44. The van der Waals surface area contributed by atoms with Gasteiger partial charge in [-0.2, -0.15) is 0 Å². The van der Waals surface area contributed by atoms with E-state index in [-0.39, 0.29) is 0 Å². The van der Waals surface area contributed by atoms with Crippen molar-refractivity contribution in [1.29, 1.82) is 0 Å². The molecular formula is C10H6BrIN2O. The van der Waals surface area contributed by atoms with Gasteiger partial charge in [0.2, 0.25) is 0 Å². The number of imidazole rings is 1. The normalized spacial score (nSPS) is 10.3. The van der Waals surface area contributed by atoms with Crippen molar-refractivity contribution in [3.8, 4) is 11.4 Å². The number of aromatic nitrogens is 2.